The summed E-state index contributed by atoms with van der Waals surface area (Å²) in [4.78, 5) is 0. The first-order valence-electron chi connectivity index (χ1n) is 6.72. The summed E-state index contributed by atoms with van der Waals surface area (Å²) in [5.74, 6) is 1.22. The smallest absolute Gasteiger partial charge is 0.162 e. The van der Waals surface area contributed by atoms with Gasteiger partial charge in [-0.05, 0) is 25.0 Å². The molecule has 0 bridgehead atoms. The van der Waals surface area contributed by atoms with E-state index in [9.17, 15) is 0 Å². The molecule has 0 amide bonds. The van der Waals surface area contributed by atoms with Crippen molar-refractivity contribution in [3.05, 3.63) is 23.8 Å². The lowest BCUT2D eigenvalue weighted by atomic mass is 9.81. The van der Waals surface area contributed by atoms with Crippen LogP contribution in [0.2, 0.25) is 0 Å². The van der Waals surface area contributed by atoms with Gasteiger partial charge in [0.15, 0.2) is 11.5 Å². The molecule has 0 saturated carbocycles. The molecule has 5 nitrogen and oxygen atoms in total. The maximum atomic E-state index is 8.88. The summed E-state index contributed by atoms with van der Waals surface area (Å²) in [5.41, 5.74) is 6.43. The molecule has 108 valence electrons. The quantitative estimate of drug-likeness (QED) is 0.885. The van der Waals surface area contributed by atoms with Gasteiger partial charge in [0.1, 0.15) is 0 Å². The molecular weight excluding hydrogens is 256 g/mol. The maximum Gasteiger partial charge on any atom is 0.162 e. The number of benzene rings is 1. The first kappa shape index (κ1) is 14.6. The van der Waals surface area contributed by atoms with Crippen LogP contribution >= 0.6 is 0 Å². The van der Waals surface area contributed by atoms with Crippen molar-refractivity contribution in [3.63, 3.8) is 0 Å². The van der Waals surface area contributed by atoms with Crippen molar-refractivity contribution in [1.82, 2.24) is 0 Å². The van der Waals surface area contributed by atoms with Crippen LogP contribution in [0.3, 0.4) is 0 Å². The molecule has 1 saturated heterocycles. The largest absolute Gasteiger partial charge is 0.493 e. The summed E-state index contributed by atoms with van der Waals surface area (Å²) in [5, 5.41) is 8.88. The Morgan fingerprint density at radius 1 is 1.35 bits per heavy atom. The molecule has 2 rings (SSSR count). The van der Waals surface area contributed by atoms with Gasteiger partial charge in [0.25, 0.3) is 0 Å². The average Bonchev–Trinajstić information content (AvgIpc) is 2.53. The Kier molecular flexibility index (Phi) is 4.83. The third-order valence-electron chi connectivity index (χ3n) is 3.81. The van der Waals surface area contributed by atoms with E-state index in [1.807, 2.05) is 0 Å². The standard InChI is InChI=1S/C15H20N2O3/c1-18-14-8-12(9-16)2-3-13(14)20-11-15(10-17)4-6-19-7-5-15/h2-3,8H,4-7,10-11,17H2,1H3. The molecule has 20 heavy (non-hydrogen) atoms. The van der Waals surface area contributed by atoms with Gasteiger partial charge >= 0.3 is 0 Å². The Morgan fingerprint density at radius 2 is 2.10 bits per heavy atom. The molecule has 0 atom stereocenters. The summed E-state index contributed by atoms with van der Waals surface area (Å²) < 4.78 is 16.5. The van der Waals surface area contributed by atoms with E-state index < -0.39 is 0 Å². The molecule has 0 radical (unpaired) electrons. The molecule has 1 aromatic rings. The highest BCUT2D eigenvalue weighted by Gasteiger charge is 2.32. The number of methoxy groups -OCH3 is 1. The van der Waals surface area contributed by atoms with Crippen molar-refractivity contribution in [3.8, 4) is 17.6 Å². The van der Waals surface area contributed by atoms with Gasteiger partial charge in [-0.3, -0.25) is 0 Å². The number of nitrogens with two attached hydrogens (primary N) is 1. The van der Waals surface area contributed by atoms with Crippen LogP contribution in [-0.4, -0.2) is 33.5 Å². The SMILES string of the molecule is COc1cc(C#N)ccc1OCC1(CN)CCOCC1. The zero-order chi connectivity index (χ0) is 14.4. The second kappa shape index (κ2) is 6.60. The molecule has 1 heterocycles. The van der Waals surface area contributed by atoms with Crippen molar-refractivity contribution in [2.24, 2.45) is 11.1 Å². The minimum atomic E-state index is -0.0306. The van der Waals surface area contributed by atoms with E-state index in [0.29, 0.717) is 30.2 Å². The van der Waals surface area contributed by atoms with Crippen LogP contribution in [0.1, 0.15) is 18.4 Å². The van der Waals surface area contributed by atoms with E-state index in [2.05, 4.69) is 6.07 Å². The average molecular weight is 276 g/mol. The van der Waals surface area contributed by atoms with Crippen molar-refractivity contribution in [2.75, 3.05) is 33.5 Å². The number of rotatable bonds is 5. The summed E-state index contributed by atoms with van der Waals surface area (Å²) in [7, 11) is 1.57. The number of hydrogen-bond donors (Lipinski definition) is 1. The number of nitrogens with zero attached hydrogens (tertiary/aromatic N) is 1. The van der Waals surface area contributed by atoms with Gasteiger partial charge in [-0.15, -0.1) is 0 Å². The van der Waals surface area contributed by atoms with Crippen LogP contribution < -0.4 is 15.2 Å². The Morgan fingerprint density at radius 3 is 2.70 bits per heavy atom. The highest BCUT2D eigenvalue weighted by atomic mass is 16.5. The molecular formula is C15H20N2O3. The first-order chi connectivity index (χ1) is 9.73. The van der Waals surface area contributed by atoms with Crippen molar-refractivity contribution >= 4 is 0 Å². The number of nitriles is 1. The van der Waals surface area contributed by atoms with Crippen LogP contribution in [-0.2, 0) is 4.74 Å². The van der Waals surface area contributed by atoms with E-state index >= 15 is 0 Å². The predicted molar refractivity (Wildman–Crippen MR) is 74.7 cm³/mol. The Labute approximate surface area is 119 Å². The fraction of sp³-hybridized carbons (Fsp3) is 0.533. The van der Waals surface area contributed by atoms with E-state index in [-0.39, 0.29) is 5.41 Å². The second-order valence-corrected chi connectivity index (χ2v) is 5.08. The number of ether oxygens (including phenoxy) is 3. The molecule has 1 fully saturated rings. The molecule has 5 heteroatoms. The van der Waals surface area contributed by atoms with Gasteiger partial charge in [0, 0.05) is 31.2 Å². The van der Waals surface area contributed by atoms with Crippen molar-refractivity contribution < 1.29 is 14.2 Å². The summed E-state index contributed by atoms with van der Waals surface area (Å²) in [6.07, 6.45) is 1.81. The lowest BCUT2D eigenvalue weighted by Crippen LogP contribution is -2.41. The summed E-state index contributed by atoms with van der Waals surface area (Å²) in [6, 6.07) is 7.24. The van der Waals surface area contributed by atoms with Crippen LogP contribution in [0.15, 0.2) is 18.2 Å². The Hall–Kier alpha value is -1.77. The molecule has 0 aromatic heterocycles. The minimum Gasteiger partial charge on any atom is -0.493 e. The van der Waals surface area contributed by atoms with Crippen LogP contribution in [0, 0.1) is 16.7 Å². The van der Waals surface area contributed by atoms with Gasteiger partial charge in [-0.2, -0.15) is 5.26 Å². The van der Waals surface area contributed by atoms with E-state index in [1.54, 1.807) is 25.3 Å². The third-order valence-corrected chi connectivity index (χ3v) is 3.81. The fourth-order valence-electron chi connectivity index (χ4n) is 2.30. The molecule has 0 spiro atoms. The van der Waals surface area contributed by atoms with E-state index in [0.717, 1.165) is 26.1 Å². The van der Waals surface area contributed by atoms with Crippen molar-refractivity contribution in [2.45, 2.75) is 12.8 Å². The highest BCUT2D eigenvalue weighted by molar-refractivity contribution is 5.46. The minimum absolute atomic E-state index is 0.0306. The number of hydrogen-bond acceptors (Lipinski definition) is 5. The lowest BCUT2D eigenvalue weighted by molar-refractivity contribution is -0.00538. The highest BCUT2D eigenvalue weighted by Crippen LogP contribution is 2.33. The zero-order valence-electron chi connectivity index (χ0n) is 11.7. The Bertz CT molecular complexity index is 490. The molecule has 0 aliphatic carbocycles. The van der Waals surface area contributed by atoms with Gasteiger partial charge in [0.05, 0.1) is 25.3 Å². The predicted octanol–water partition coefficient (Wildman–Crippen LogP) is 1.70. The first-order valence-corrected chi connectivity index (χ1v) is 6.72. The lowest BCUT2D eigenvalue weighted by Gasteiger charge is -2.35. The molecule has 2 N–H and O–H groups in total. The maximum absolute atomic E-state index is 8.88. The van der Waals surface area contributed by atoms with Gasteiger partial charge in [-0.1, -0.05) is 0 Å². The normalized spacial score (nSPS) is 17.2. The van der Waals surface area contributed by atoms with Gasteiger partial charge < -0.3 is 19.9 Å². The topological polar surface area (TPSA) is 77.5 Å². The third kappa shape index (κ3) is 3.21. The fourth-order valence-corrected chi connectivity index (χ4v) is 2.30. The molecule has 1 aliphatic heterocycles. The van der Waals surface area contributed by atoms with Crippen LogP contribution in [0.5, 0.6) is 11.5 Å². The molecule has 1 aliphatic rings. The summed E-state index contributed by atoms with van der Waals surface area (Å²) in [6.45, 7) is 2.57. The van der Waals surface area contributed by atoms with Crippen LogP contribution in [0.4, 0.5) is 0 Å². The molecule has 1 aromatic carbocycles. The molecule has 0 unspecified atom stereocenters. The zero-order valence-corrected chi connectivity index (χ0v) is 11.7. The Balaban J connectivity index is 2.08. The van der Waals surface area contributed by atoms with E-state index in [1.165, 1.54) is 0 Å². The second-order valence-electron chi connectivity index (χ2n) is 5.08. The monoisotopic (exact) mass is 276 g/mol. The van der Waals surface area contributed by atoms with Crippen LogP contribution in [0.25, 0.3) is 0 Å². The van der Waals surface area contributed by atoms with Crippen molar-refractivity contribution in [1.29, 1.82) is 5.26 Å². The van der Waals surface area contributed by atoms with Gasteiger partial charge in [0.2, 0.25) is 0 Å². The van der Waals surface area contributed by atoms with Gasteiger partial charge in [-0.25, -0.2) is 0 Å². The van der Waals surface area contributed by atoms with E-state index in [4.69, 9.17) is 25.2 Å². The summed E-state index contributed by atoms with van der Waals surface area (Å²) >= 11 is 0.